The Kier molecular flexibility index (Phi) is 6.86. The third kappa shape index (κ3) is 4.53. The van der Waals surface area contributed by atoms with Crippen molar-refractivity contribution < 1.29 is 24.4 Å². The number of allylic oxidation sites excluding steroid dienone is 2. The Balaban J connectivity index is 1.40. The summed E-state index contributed by atoms with van der Waals surface area (Å²) < 4.78 is 6.05. The maximum absolute atomic E-state index is 13.6. The number of rotatable bonds is 6. The molecule has 6 nitrogen and oxygen atoms in total. The number of phenolic OH excluding ortho intramolecular Hbond substituents is 1. The molecule has 2 amide bonds. The predicted octanol–water partition coefficient (Wildman–Crippen LogP) is 4.99. The van der Waals surface area contributed by atoms with Crippen LogP contribution in [0, 0.1) is 17.8 Å². The zero-order chi connectivity index (χ0) is 25.4. The fraction of sp³-hybridized carbons (Fsp3) is 0.379. The van der Waals surface area contributed by atoms with Crippen LogP contribution in [-0.2, 0) is 14.2 Å². The van der Waals surface area contributed by atoms with Crippen molar-refractivity contribution >= 4 is 30.7 Å². The van der Waals surface area contributed by atoms with E-state index in [1.54, 1.807) is 24.3 Å². The second-order valence-electron chi connectivity index (χ2n) is 10.1. The van der Waals surface area contributed by atoms with E-state index in [2.05, 4.69) is 19.9 Å². The summed E-state index contributed by atoms with van der Waals surface area (Å²) >= 11 is 0. The van der Waals surface area contributed by atoms with Crippen LogP contribution in [0.1, 0.15) is 45.1 Å². The van der Waals surface area contributed by atoms with Crippen LogP contribution < -0.4 is 4.90 Å². The zero-order valence-electron chi connectivity index (χ0n) is 20.8. The molecule has 1 aliphatic carbocycles. The van der Waals surface area contributed by atoms with Gasteiger partial charge < -0.3 is 14.8 Å². The first-order valence-corrected chi connectivity index (χ1v) is 12.8. The lowest BCUT2D eigenvalue weighted by molar-refractivity contribution is -0.122. The van der Waals surface area contributed by atoms with Gasteiger partial charge in [-0.25, -0.2) is 0 Å². The number of anilines is 1. The number of imide groups is 1. The molecule has 2 aromatic rings. The number of nitrogens with zero attached hydrogens (tertiary/aromatic N) is 1. The van der Waals surface area contributed by atoms with Gasteiger partial charge in [-0.15, -0.1) is 0 Å². The van der Waals surface area contributed by atoms with Crippen molar-refractivity contribution in [1.29, 1.82) is 0 Å². The predicted molar refractivity (Wildman–Crippen MR) is 140 cm³/mol. The van der Waals surface area contributed by atoms with Gasteiger partial charge in [0, 0.05) is 0 Å². The smallest absolute Gasteiger partial charge is 0.455 e. The van der Waals surface area contributed by atoms with E-state index in [-0.39, 0.29) is 35.5 Å². The molecule has 2 heterocycles. The highest BCUT2D eigenvalue weighted by atomic mass is 16.5. The lowest BCUT2D eigenvalue weighted by Gasteiger charge is -2.43. The van der Waals surface area contributed by atoms with Gasteiger partial charge in [-0.1, -0.05) is 54.5 Å². The number of fused-ring (bicyclic) bond motifs is 3. The summed E-state index contributed by atoms with van der Waals surface area (Å²) in [6.07, 6.45) is 4.95. The average Bonchev–Trinajstić information content (AvgIpc) is 3.13. The highest BCUT2D eigenvalue weighted by Gasteiger charge is 2.57. The van der Waals surface area contributed by atoms with Crippen molar-refractivity contribution in [3.05, 3.63) is 76.9 Å². The monoisotopic (exact) mass is 485 g/mol. The summed E-state index contributed by atoms with van der Waals surface area (Å²) in [7, 11) is -0.962. The molecule has 2 fully saturated rings. The Morgan fingerprint density at radius 3 is 2.50 bits per heavy atom. The molecule has 2 saturated heterocycles. The molecule has 186 valence electrons. The number of phenols is 1. The molecule has 36 heavy (non-hydrogen) atoms. The highest BCUT2D eigenvalue weighted by molar-refractivity contribution is 6.43. The Bertz CT molecular complexity index is 1210. The minimum Gasteiger partial charge on any atom is -0.508 e. The van der Waals surface area contributed by atoms with E-state index in [4.69, 9.17) is 4.65 Å². The minimum atomic E-state index is -0.962. The summed E-state index contributed by atoms with van der Waals surface area (Å²) in [6, 6.07) is 16.2. The normalized spacial score (nSPS) is 26.4. The fourth-order valence-corrected chi connectivity index (χ4v) is 6.22. The third-order valence-electron chi connectivity index (χ3n) is 7.86. The summed E-state index contributed by atoms with van der Waals surface area (Å²) in [5.41, 5.74) is 5.10. The molecule has 2 N–H and O–H groups in total. The Morgan fingerprint density at radius 2 is 1.81 bits per heavy atom. The Morgan fingerprint density at radius 1 is 1.08 bits per heavy atom. The molecule has 7 heteroatoms. The van der Waals surface area contributed by atoms with Crippen LogP contribution in [0.5, 0.6) is 5.75 Å². The largest absolute Gasteiger partial charge is 0.508 e. The van der Waals surface area contributed by atoms with Crippen molar-refractivity contribution in [2.45, 2.75) is 52.0 Å². The van der Waals surface area contributed by atoms with Crippen molar-refractivity contribution in [2.75, 3.05) is 4.90 Å². The summed E-state index contributed by atoms with van der Waals surface area (Å²) in [5, 5.41) is 20.2. The van der Waals surface area contributed by atoms with E-state index in [0.717, 1.165) is 29.6 Å². The number of para-hydroxylation sites is 1. The SMILES string of the molecule is CCC1=C2[C@@H](CC/C(C)=C/c3ccc(O)cc3)OB(O)C[C@@H]2[C@@H]2C(=O)N(c3ccccc3)C(=O)[C@@H]2C1. The summed E-state index contributed by atoms with van der Waals surface area (Å²) in [6.45, 7) is 4.15. The molecule has 0 unspecified atom stereocenters. The van der Waals surface area contributed by atoms with Gasteiger partial charge >= 0.3 is 7.12 Å². The van der Waals surface area contributed by atoms with Gasteiger partial charge in [0.25, 0.3) is 0 Å². The van der Waals surface area contributed by atoms with E-state index < -0.39 is 13.0 Å². The summed E-state index contributed by atoms with van der Waals surface area (Å²) in [4.78, 5) is 28.4. The van der Waals surface area contributed by atoms with Crippen molar-refractivity contribution in [3.8, 4) is 5.75 Å². The maximum atomic E-state index is 13.6. The Labute approximate surface area is 212 Å². The molecule has 0 spiro atoms. The highest BCUT2D eigenvalue weighted by Crippen LogP contribution is 2.51. The number of carbonyl (C=O) groups excluding carboxylic acids is 2. The van der Waals surface area contributed by atoms with Crippen molar-refractivity contribution in [3.63, 3.8) is 0 Å². The van der Waals surface area contributed by atoms with Gasteiger partial charge in [0.05, 0.1) is 23.6 Å². The van der Waals surface area contributed by atoms with Crippen LogP contribution in [0.25, 0.3) is 6.08 Å². The van der Waals surface area contributed by atoms with Crippen LogP contribution in [0.15, 0.2) is 71.3 Å². The van der Waals surface area contributed by atoms with Crippen LogP contribution in [0.4, 0.5) is 5.69 Å². The lowest BCUT2D eigenvalue weighted by Crippen LogP contribution is -2.46. The van der Waals surface area contributed by atoms with Crippen LogP contribution >= 0.6 is 0 Å². The number of hydrogen-bond acceptors (Lipinski definition) is 5. The van der Waals surface area contributed by atoms with Gasteiger partial charge in [0.15, 0.2) is 0 Å². The van der Waals surface area contributed by atoms with Crippen molar-refractivity contribution in [2.24, 2.45) is 17.8 Å². The standard InChI is InChI=1S/C29H32BNO5/c1-3-20-16-23-27(29(34)31(28(23)33)21-7-5-4-6-8-21)24-17-30(35)36-25(26(20)24)14-9-18(2)15-19-10-12-22(32)13-11-19/h4-8,10-13,15,23-25,27,32,35H,3,9,14,16-17H2,1-2H3/b18-15+/t23-,24+,25-,27-/m1/s1. The van der Waals surface area contributed by atoms with Crippen molar-refractivity contribution in [1.82, 2.24) is 0 Å². The van der Waals surface area contributed by atoms with E-state index in [0.29, 0.717) is 24.8 Å². The van der Waals surface area contributed by atoms with Crippen LogP contribution in [0.2, 0.25) is 6.32 Å². The fourth-order valence-electron chi connectivity index (χ4n) is 6.22. The number of aromatic hydroxyl groups is 1. The van der Waals surface area contributed by atoms with E-state index in [1.807, 2.05) is 30.3 Å². The van der Waals surface area contributed by atoms with E-state index in [1.165, 1.54) is 10.5 Å². The molecule has 0 radical (unpaired) electrons. The van der Waals surface area contributed by atoms with Crippen LogP contribution in [-0.4, -0.2) is 35.2 Å². The van der Waals surface area contributed by atoms with Gasteiger partial charge in [0.2, 0.25) is 11.8 Å². The molecule has 4 atom stereocenters. The molecule has 2 aromatic carbocycles. The number of hydrogen-bond donors (Lipinski definition) is 2. The number of amides is 2. The number of benzene rings is 2. The third-order valence-corrected chi connectivity index (χ3v) is 7.86. The van der Waals surface area contributed by atoms with Gasteiger partial charge in [-0.3, -0.25) is 14.5 Å². The average molecular weight is 485 g/mol. The minimum absolute atomic E-state index is 0.133. The zero-order valence-corrected chi connectivity index (χ0v) is 20.8. The van der Waals surface area contributed by atoms with E-state index >= 15 is 0 Å². The van der Waals surface area contributed by atoms with Gasteiger partial charge in [-0.2, -0.15) is 0 Å². The topological polar surface area (TPSA) is 87.1 Å². The quantitative estimate of drug-likeness (QED) is 0.342. The second-order valence-corrected chi connectivity index (χ2v) is 10.1. The first kappa shape index (κ1) is 24.5. The molecular weight excluding hydrogens is 453 g/mol. The Hall–Kier alpha value is -3.16. The molecule has 0 saturated carbocycles. The molecular formula is C29H32BNO5. The van der Waals surface area contributed by atoms with Gasteiger partial charge in [-0.05, 0) is 80.2 Å². The molecule has 3 aliphatic rings. The maximum Gasteiger partial charge on any atom is 0.455 e. The first-order valence-electron chi connectivity index (χ1n) is 12.8. The summed E-state index contributed by atoms with van der Waals surface area (Å²) in [5.74, 6) is -1.10. The first-order chi connectivity index (χ1) is 17.4. The van der Waals surface area contributed by atoms with E-state index in [9.17, 15) is 19.7 Å². The second kappa shape index (κ2) is 10.1. The molecule has 5 rings (SSSR count). The molecule has 2 aliphatic heterocycles. The van der Waals surface area contributed by atoms with Gasteiger partial charge in [0.1, 0.15) is 5.75 Å². The molecule has 0 aromatic heterocycles. The lowest BCUT2D eigenvalue weighted by atomic mass is 9.58. The van der Waals surface area contributed by atoms with Crippen LogP contribution in [0.3, 0.4) is 0 Å². The molecule has 0 bridgehead atoms. The number of carbonyl (C=O) groups is 2.